The monoisotopic (exact) mass is 369 g/mol. The van der Waals surface area contributed by atoms with E-state index in [2.05, 4.69) is 5.32 Å². The Balaban J connectivity index is 1.47. The smallest absolute Gasteiger partial charge is 0.220 e. The molecule has 0 radical (unpaired) electrons. The molecule has 0 bridgehead atoms. The van der Waals surface area contributed by atoms with Crippen LogP contribution in [0, 0.1) is 0 Å². The Morgan fingerprint density at radius 2 is 1.78 bits per heavy atom. The molecule has 2 aromatic carbocycles. The number of fused-ring (bicyclic) bond motifs is 1. The van der Waals surface area contributed by atoms with Crippen LogP contribution < -0.4 is 14.8 Å². The van der Waals surface area contributed by atoms with Crippen LogP contribution in [0.4, 0.5) is 0 Å². The van der Waals surface area contributed by atoms with Crippen molar-refractivity contribution >= 4 is 11.7 Å². The van der Waals surface area contributed by atoms with Gasteiger partial charge in [0.2, 0.25) is 5.91 Å². The number of carbonyl (C=O) groups excluding carboxylic acids is 2. The first-order valence-corrected chi connectivity index (χ1v) is 8.92. The minimum atomic E-state index is -0.155. The fraction of sp³-hybridized carbons (Fsp3) is 0.333. The summed E-state index contributed by atoms with van der Waals surface area (Å²) in [6.45, 7) is 1.94. The van der Waals surface area contributed by atoms with E-state index < -0.39 is 0 Å². The van der Waals surface area contributed by atoms with Gasteiger partial charge in [-0.05, 0) is 29.3 Å². The third-order valence-electron chi connectivity index (χ3n) is 4.24. The highest BCUT2D eigenvalue weighted by atomic mass is 16.6. The van der Waals surface area contributed by atoms with Gasteiger partial charge in [0, 0.05) is 32.1 Å². The molecule has 0 unspecified atom stereocenters. The summed E-state index contributed by atoms with van der Waals surface area (Å²) < 4.78 is 16.0. The largest absolute Gasteiger partial charge is 0.486 e. The van der Waals surface area contributed by atoms with Gasteiger partial charge in [0.1, 0.15) is 13.2 Å². The van der Waals surface area contributed by atoms with E-state index in [4.69, 9.17) is 14.2 Å². The first-order valence-electron chi connectivity index (χ1n) is 8.92. The number of carbonyl (C=O) groups is 2. The maximum Gasteiger partial charge on any atom is 0.220 e. The third kappa shape index (κ3) is 5.31. The molecular formula is C21H23NO5. The summed E-state index contributed by atoms with van der Waals surface area (Å²) in [5, 5.41) is 2.85. The average Bonchev–Trinajstić information content (AvgIpc) is 2.70. The average molecular weight is 369 g/mol. The number of nitrogens with one attached hydrogen (secondary N) is 1. The van der Waals surface area contributed by atoms with Crippen LogP contribution in [0.1, 0.15) is 34.3 Å². The van der Waals surface area contributed by atoms with E-state index in [9.17, 15) is 9.59 Å². The predicted octanol–water partition coefficient (Wildman–Crippen LogP) is 2.88. The lowest BCUT2D eigenvalue weighted by atomic mass is 10.1. The highest BCUT2D eigenvalue weighted by Gasteiger charge is 2.15. The molecule has 142 valence electrons. The number of rotatable bonds is 8. The van der Waals surface area contributed by atoms with Crippen LogP contribution in [-0.4, -0.2) is 32.0 Å². The predicted molar refractivity (Wildman–Crippen MR) is 100.0 cm³/mol. The standard InChI is InChI=1S/C21H23NO5/c1-25-14-16-4-2-3-15(11-16)13-22-21(24)8-6-18(23)17-5-7-19-20(12-17)27-10-9-26-19/h2-5,7,11-12H,6,8-10,13-14H2,1H3,(H,22,24). The molecule has 0 spiro atoms. The molecule has 0 saturated heterocycles. The minimum Gasteiger partial charge on any atom is -0.486 e. The number of ketones is 1. The Labute approximate surface area is 158 Å². The number of amides is 1. The van der Waals surface area contributed by atoms with Crippen molar-refractivity contribution in [1.29, 1.82) is 0 Å². The second-order valence-corrected chi connectivity index (χ2v) is 6.31. The van der Waals surface area contributed by atoms with Gasteiger partial charge in [-0.3, -0.25) is 9.59 Å². The van der Waals surface area contributed by atoms with Crippen LogP contribution in [0.2, 0.25) is 0 Å². The number of hydrogen-bond donors (Lipinski definition) is 1. The maximum atomic E-state index is 12.3. The SMILES string of the molecule is COCc1cccc(CNC(=O)CCC(=O)c2ccc3c(c2)OCCO3)c1. The second-order valence-electron chi connectivity index (χ2n) is 6.31. The second kappa shape index (κ2) is 9.19. The van der Waals surface area contributed by atoms with E-state index in [1.54, 1.807) is 25.3 Å². The molecule has 27 heavy (non-hydrogen) atoms. The summed E-state index contributed by atoms with van der Waals surface area (Å²) in [4.78, 5) is 24.4. The zero-order valence-electron chi connectivity index (χ0n) is 15.3. The van der Waals surface area contributed by atoms with Crippen molar-refractivity contribution in [2.75, 3.05) is 20.3 Å². The topological polar surface area (TPSA) is 73.9 Å². The lowest BCUT2D eigenvalue weighted by Crippen LogP contribution is -2.23. The summed E-state index contributed by atoms with van der Waals surface area (Å²) in [5.74, 6) is 0.973. The van der Waals surface area contributed by atoms with Gasteiger partial charge in [-0.2, -0.15) is 0 Å². The first-order chi connectivity index (χ1) is 13.2. The molecule has 0 saturated carbocycles. The van der Waals surface area contributed by atoms with Crippen molar-refractivity contribution in [3.63, 3.8) is 0 Å². The first kappa shape index (κ1) is 18.9. The lowest BCUT2D eigenvalue weighted by molar-refractivity contribution is -0.121. The highest BCUT2D eigenvalue weighted by molar-refractivity contribution is 5.98. The zero-order valence-corrected chi connectivity index (χ0v) is 15.3. The minimum absolute atomic E-state index is 0.0933. The number of benzene rings is 2. The van der Waals surface area contributed by atoms with Gasteiger partial charge >= 0.3 is 0 Å². The third-order valence-corrected chi connectivity index (χ3v) is 4.24. The number of methoxy groups -OCH3 is 1. The molecule has 3 rings (SSSR count). The van der Waals surface area contributed by atoms with Gasteiger partial charge in [-0.25, -0.2) is 0 Å². The lowest BCUT2D eigenvalue weighted by Gasteiger charge is -2.18. The summed E-state index contributed by atoms with van der Waals surface area (Å²) in [6.07, 6.45) is 0.292. The van der Waals surface area contributed by atoms with Gasteiger partial charge in [-0.15, -0.1) is 0 Å². The van der Waals surface area contributed by atoms with Crippen LogP contribution in [0.5, 0.6) is 11.5 Å². The maximum absolute atomic E-state index is 12.3. The van der Waals surface area contributed by atoms with Crippen molar-refractivity contribution in [3.05, 3.63) is 59.2 Å². The van der Waals surface area contributed by atoms with Crippen molar-refractivity contribution in [2.24, 2.45) is 0 Å². The van der Waals surface area contributed by atoms with E-state index in [1.807, 2.05) is 24.3 Å². The summed E-state index contributed by atoms with van der Waals surface area (Å²) in [6, 6.07) is 13.0. The molecule has 6 nitrogen and oxygen atoms in total. The molecule has 2 aromatic rings. The van der Waals surface area contributed by atoms with E-state index in [0.717, 1.165) is 11.1 Å². The fourth-order valence-corrected chi connectivity index (χ4v) is 2.87. The van der Waals surface area contributed by atoms with Gasteiger partial charge < -0.3 is 19.5 Å². The zero-order chi connectivity index (χ0) is 19.1. The van der Waals surface area contributed by atoms with Gasteiger partial charge in [0.05, 0.1) is 6.61 Å². The molecule has 0 fully saturated rings. The van der Waals surface area contributed by atoms with Gasteiger partial charge in [0.25, 0.3) is 0 Å². The van der Waals surface area contributed by atoms with Crippen LogP contribution in [-0.2, 0) is 22.7 Å². The van der Waals surface area contributed by atoms with Gasteiger partial charge in [0.15, 0.2) is 17.3 Å². The van der Waals surface area contributed by atoms with E-state index in [-0.39, 0.29) is 24.5 Å². The van der Waals surface area contributed by atoms with E-state index in [1.165, 1.54) is 0 Å². The molecule has 0 aliphatic carbocycles. The Morgan fingerprint density at radius 3 is 2.59 bits per heavy atom. The Morgan fingerprint density at radius 1 is 1.00 bits per heavy atom. The summed E-state index contributed by atoms with van der Waals surface area (Å²) in [5.41, 5.74) is 2.58. The molecule has 1 aliphatic rings. The van der Waals surface area contributed by atoms with Crippen molar-refractivity contribution in [2.45, 2.75) is 26.0 Å². The summed E-state index contributed by atoms with van der Waals surface area (Å²) >= 11 is 0. The number of hydrogen-bond acceptors (Lipinski definition) is 5. The molecule has 1 amide bonds. The van der Waals surface area contributed by atoms with E-state index in [0.29, 0.717) is 43.4 Å². The Kier molecular flexibility index (Phi) is 6.44. The van der Waals surface area contributed by atoms with Crippen molar-refractivity contribution in [1.82, 2.24) is 5.32 Å². The Bertz CT molecular complexity index is 818. The quantitative estimate of drug-likeness (QED) is 0.725. The Hall–Kier alpha value is -2.86. The molecule has 0 aromatic heterocycles. The molecule has 6 heteroatoms. The highest BCUT2D eigenvalue weighted by Crippen LogP contribution is 2.31. The van der Waals surface area contributed by atoms with Gasteiger partial charge in [-0.1, -0.05) is 24.3 Å². The van der Waals surface area contributed by atoms with Crippen molar-refractivity contribution < 1.29 is 23.8 Å². The molecule has 1 aliphatic heterocycles. The normalized spacial score (nSPS) is 12.5. The van der Waals surface area contributed by atoms with Crippen LogP contribution in [0.15, 0.2) is 42.5 Å². The van der Waals surface area contributed by atoms with Crippen LogP contribution in [0.3, 0.4) is 0 Å². The van der Waals surface area contributed by atoms with Crippen LogP contribution >= 0.6 is 0 Å². The molecule has 1 N–H and O–H groups in total. The van der Waals surface area contributed by atoms with Crippen molar-refractivity contribution in [3.8, 4) is 11.5 Å². The fourth-order valence-electron chi connectivity index (χ4n) is 2.87. The van der Waals surface area contributed by atoms with E-state index >= 15 is 0 Å². The summed E-state index contributed by atoms with van der Waals surface area (Å²) in [7, 11) is 1.65. The van der Waals surface area contributed by atoms with Crippen LogP contribution in [0.25, 0.3) is 0 Å². The molecule has 0 atom stereocenters. The molecule has 1 heterocycles. The number of Topliss-reactive ketones (excluding diaryl/α,β-unsaturated/α-hetero) is 1. The number of ether oxygens (including phenoxy) is 3. The molecular weight excluding hydrogens is 346 g/mol.